The lowest BCUT2D eigenvalue weighted by atomic mass is 9.86. The summed E-state index contributed by atoms with van der Waals surface area (Å²) in [6, 6.07) is 11.5. The van der Waals surface area contributed by atoms with E-state index in [1.807, 2.05) is 6.07 Å². The van der Waals surface area contributed by atoms with E-state index >= 15 is 4.39 Å². The maximum absolute atomic E-state index is 15.1. The number of rotatable bonds is 4. The second kappa shape index (κ2) is 8.11. The van der Waals surface area contributed by atoms with E-state index < -0.39 is 23.7 Å². The van der Waals surface area contributed by atoms with Crippen molar-refractivity contribution in [2.75, 3.05) is 24.6 Å². The van der Waals surface area contributed by atoms with Crippen molar-refractivity contribution in [1.82, 2.24) is 4.98 Å². The molecule has 0 amide bonds. The van der Waals surface area contributed by atoms with Crippen molar-refractivity contribution in [2.24, 2.45) is 5.73 Å². The van der Waals surface area contributed by atoms with Crippen LogP contribution >= 0.6 is 0 Å². The Balaban J connectivity index is 1.62. The van der Waals surface area contributed by atoms with Crippen LogP contribution < -0.4 is 15.4 Å². The zero-order valence-corrected chi connectivity index (χ0v) is 17.3. The average molecular weight is 436 g/mol. The summed E-state index contributed by atoms with van der Waals surface area (Å²) in [5, 5.41) is 7.49. The molecular weight excluding hydrogens is 414 g/mol. The minimum atomic E-state index is -0.580. The Kier molecular flexibility index (Phi) is 5.13. The molecule has 3 N–H and O–H groups in total. The van der Waals surface area contributed by atoms with Crippen molar-refractivity contribution in [3.63, 3.8) is 0 Å². The van der Waals surface area contributed by atoms with Crippen molar-refractivity contribution >= 4 is 11.7 Å². The summed E-state index contributed by atoms with van der Waals surface area (Å²) < 4.78 is 40.7. The maximum Gasteiger partial charge on any atom is 0.279 e. The van der Waals surface area contributed by atoms with Crippen LogP contribution in [0.5, 0.6) is 11.5 Å². The molecular formula is C24H22F2N4O2. The number of nitrogens with zero attached hydrogens (tertiary/aromatic N) is 2. The minimum Gasteiger partial charge on any atom is -0.465 e. The fourth-order valence-corrected chi connectivity index (χ4v) is 4.44. The van der Waals surface area contributed by atoms with Gasteiger partial charge in [0.1, 0.15) is 12.4 Å². The number of ether oxygens (including phenoxy) is 2. The van der Waals surface area contributed by atoms with E-state index in [2.05, 4.69) is 9.88 Å². The highest BCUT2D eigenvalue weighted by Gasteiger charge is 2.32. The molecule has 2 aliphatic rings. The van der Waals surface area contributed by atoms with E-state index in [1.165, 1.54) is 12.3 Å². The molecule has 0 bridgehead atoms. The number of nitrogens with two attached hydrogens (primary N) is 1. The van der Waals surface area contributed by atoms with Crippen molar-refractivity contribution in [3.8, 4) is 22.6 Å². The number of amidine groups is 1. The molecule has 1 atom stereocenters. The molecule has 1 unspecified atom stereocenters. The summed E-state index contributed by atoms with van der Waals surface area (Å²) >= 11 is 0. The van der Waals surface area contributed by atoms with Crippen molar-refractivity contribution in [2.45, 2.75) is 18.8 Å². The van der Waals surface area contributed by atoms with Crippen molar-refractivity contribution < 1.29 is 18.3 Å². The second-order valence-corrected chi connectivity index (χ2v) is 7.96. The smallest absolute Gasteiger partial charge is 0.279 e. The summed E-state index contributed by atoms with van der Waals surface area (Å²) in [7, 11) is 0. The first-order valence-electron chi connectivity index (χ1n) is 10.5. The average Bonchev–Trinajstić information content (AvgIpc) is 3.32. The van der Waals surface area contributed by atoms with Crippen LogP contribution in [0.3, 0.4) is 0 Å². The molecule has 0 radical (unpaired) electrons. The largest absolute Gasteiger partial charge is 0.465 e. The molecule has 0 saturated carbocycles. The van der Waals surface area contributed by atoms with Crippen LogP contribution in [0.15, 0.2) is 48.7 Å². The number of nitrogens with one attached hydrogen (secondary N) is 1. The van der Waals surface area contributed by atoms with E-state index in [4.69, 9.17) is 20.6 Å². The van der Waals surface area contributed by atoms with Gasteiger partial charge in [-0.1, -0.05) is 6.07 Å². The normalized spacial score (nSPS) is 16.8. The molecule has 3 heterocycles. The monoisotopic (exact) mass is 436 g/mol. The highest BCUT2D eigenvalue weighted by Crippen LogP contribution is 2.48. The molecule has 1 saturated heterocycles. The quantitative estimate of drug-likeness (QED) is 0.350. The molecule has 1 aromatic heterocycles. The Labute approximate surface area is 184 Å². The molecule has 164 valence electrons. The molecule has 5 rings (SSSR count). The topological polar surface area (TPSA) is 84.5 Å². The van der Waals surface area contributed by atoms with Crippen molar-refractivity contribution in [3.05, 3.63) is 71.6 Å². The fraction of sp³-hybridized carbons (Fsp3) is 0.250. The number of anilines is 1. The maximum atomic E-state index is 15.1. The first kappa shape index (κ1) is 20.2. The van der Waals surface area contributed by atoms with Gasteiger partial charge in [-0.25, -0.2) is 9.37 Å². The van der Waals surface area contributed by atoms with E-state index in [0.29, 0.717) is 28.0 Å². The van der Waals surface area contributed by atoms with Gasteiger partial charge in [0.15, 0.2) is 11.6 Å². The zero-order chi connectivity index (χ0) is 22.2. The summed E-state index contributed by atoms with van der Waals surface area (Å²) in [6.45, 7) is 1.77. The zero-order valence-electron chi connectivity index (χ0n) is 17.3. The lowest BCUT2D eigenvalue weighted by Crippen LogP contribution is -2.23. The van der Waals surface area contributed by atoms with E-state index in [9.17, 15) is 4.39 Å². The van der Waals surface area contributed by atoms with Gasteiger partial charge < -0.3 is 20.1 Å². The first-order valence-corrected chi connectivity index (χ1v) is 10.5. The van der Waals surface area contributed by atoms with Gasteiger partial charge in [-0.15, -0.1) is 0 Å². The molecule has 8 heteroatoms. The lowest BCUT2D eigenvalue weighted by molar-refractivity contribution is 0.273. The number of benzene rings is 2. The Bertz CT molecular complexity index is 1190. The number of fused-ring (bicyclic) bond motifs is 2. The van der Waals surface area contributed by atoms with Crippen LogP contribution in [0.4, 0.5) is 14.5 Å². The molecule has 6 nitrogen and oxygen atoms in total. The standard InChI is InChI=1S/C24H22F2N4O2/c25-20-12-15(30-8-1-2-9-30)11-18-19(13-31-24(27)28)17-10-14(5-6-21(17)32-22(18)20)16-4-3-7-29-23(16)26/h3-7,10-12,19H,1-2,8-9,13H2,(H3,27,28). The van der Waals surface area contributed by atoms with E-state index in [-0.39, 0.29) is 12.4 Å². The Hall–Kier alpha value is -3.68. The van der Waals surface area contributed by atoms with Gasteiger partial charge in [-0.05, 0) is 48.7 Å². The summed E-state index contributed by atoms with van der Waals surface area (Å²) in [5.74, 6) is -0.892. The second-order valence-electron chi connectivity index (χ2n) is 7.96. The Morgan fingerprint density at radius 1 is 1.16 bits per heavy atom. The van der Waals surface area contributed by atoms with Gasteiger partial charge in [0.25, 0.3) is 6.02 Å². The van der Waals surface area contributed by atoms with Crippen LogP contribution in [-0.2, 0) is 4.74 Å². The van der Waals surface area contributed by atoms with Gasteiger partial charge in [-0.3, -0.25) is 5.41 Å². The fourth-order valence-electron chi connectivity index (χ4n) is 4.44. The first-order chi connectivity index (χ1) is 15.5. The third kappa shape index (κ3) is 3.62. The minimum absolute atomic E-state index is 0.0283. The van der Waals surface area contributed by atoms with Crippen LogP contribution in [0.25, 0.3) is 11.1 Å². The van der Waals surface area contributed by atoms with Crippen LogP contribution in [-0.4, -0.2) is 30.7 Å². The van der Waals surface area contributed by atoms with E-state index in [0.717, 1.165) is 31.6 Å². The Morgan fingerprint density at radius 3 is 2.72 bits per heavy atom. The van der Waals surface area contributed by atoms with Gasteiger partial charge >= 0.3 is 0 Å². The Morgan fingerprint density at radius 2 is 1.97 bits per heavy atom. The third-order valence-corrected chi connectivity index (χ3v) is 5.98. The SMILES string of the molecule is N=C(N)OCC1c2cc(-c3cccnc3F)ccc2Oc2c(F)cc(N3CCCC3)cc21. The number of aromatic nitrogens is 1. The highest BCUT2D eigenvalue weighted by molar-refractivity contribution is 5.70. The summed E-state index contributed by atoms with van der Waals surface area (Å²) in [5.41, 5.74) is 8.51. The van der Waals surface area contributed by atoms with Gasteiger partial charge in [0, 0.05) is 47.7 Å². The number of halogens is 2. The lowest BCUT2D eigenvalue weighted by Gasteiger charge is -2.30. The molecule has 1 fully saturated rings. The van der Waals surface area contributed by atoms with Crippen molar-refractivity contribution in [1.29, 1.82) is 5.41 Å². The number of hydrogen-bond donors (Lipinski definition) is 2. The third-order valence-electron chi connectivity index (χ3n) is 5.98. The van der Waals surface area contributed by atoms with Gasteiger partial charge in [0.2, 0.25) is 5.95 Å². The predicted octanol–water partition coefficient (Wildman–Crippen LogP) is 4.77. The van der Waals surface area contributed by atoms with Crippen LogP contribution in [0, 0.1) is 17.2 Å². The predicted molar refractivity (Wildman–Crippen MR) is 117 cm³/mol. The molecule has 0 spiro atoms. The van der Waals surface area contributed by atoms with Gasteiger partial charge in [-0.2, -0.15) is 4.39 Å². The summed E-state index contributed by atoms with van der Waals surface area (Å²) in [6.07, 6.45) is 3.52. The number of hydrogen-bond acceptors (Lipinski definition) is 5. The molecule has 2 aromatic carbocycles. The molecule has 32 heavy (non-hydrogen) atoms. The molecule has 3 aromatic rings. The van der Waals surface area contributed by atoms with Crippen LogP contribution in [0.1, 0.15) is 29.9 Å². The molecule has 0 aliphatic carbocycles. The number of pyridine rings is 1. The van der Waals surface area contributed by atoms with Crippen LogP contribution in [0.2, 0.25) is 0 Å². The van der Waals surface area contributed by atoms with Gasteiger partial charge in [0.05, 0.1) is 5.92 Å². The summed E-state index contributed by atoms with van der Waals surface area (Å²) in [4.78, 5) is 5.87. The van der Waals surface area contributed by atoms with E-state index in [1.54, 1.807) is 30.3 Å². The molecule has 2 aliphatic heterocycles. The highest BCUT2D eigenvalue weighted by atomic mass is 19.1.